The van der Waals surface area contributed by atoms with E-state index >= 15 is 0 Å². The average molecular weight is 310 g/mol. The summed E-state index contributed by atoms with van der Waals surface area (Å²) in [6.45, 7) is 0. The molecule has 2 aliphatic rings. The normalized spacial score (nSPS) is 26.7. The van der Waals surface area contributed by atoms with Crippen molar-refractivity contribution in [1.29, 1.82) is 0 Å². The van der Waals surface area contributed by atoms with Gasteiger partial charge >= 0.3 is 0 Å². The molecule has 0 bridgehead atoms. The molecule has 0 aliphatic heterocycles. The van der Waals surface area contributed by atoms with Crippen molar-refractivity contribution >= 4 is 5.91 Å². The van der Waals surface area contributed by atoms with Gasteiger partial charge < -0.3 is 9.88 Å². The van der Waals surface area contributed by atoms with Crippen molar-refractivity contribution < 1.29 is 4.79 Å². The van der Waals surface area contributed by atoms with Crippen LogP contribution in [0, 0.1) is 11.8 Å². The van der Waals surface area contributed by atoms with Crippen LogP contribution in [0.25, 0.3) is 5.69 Å². The van der Waals surface area contributed by atoms with Crippen LogP contribution in [0.3, 0.4) is 0 Å². The molecular weight excluding hydrogens is 288 g/mol. The van der Waals surface area contributed by atoms with Crippen LogP contribution in [-0.4, -0.2) is 26.5 Å². The topological polar surface area (TPSA) is 59.8 Å². The third-order valence-corrected chi connectivity index (χ3v) is 5.40. The molecule has 0 spiro atoms. The van der Waals surface area contributed by atoms with Gasteiger partial charge in [-0.15, -0.1) is 0 Å². The zero-order valence-corrected chi connectivity index (χ0v) is 13.2. The van der Waals surface area contributed by atoms with Gasteiger partial charge in [0.2, 0.25) is 0 Å². The first-order valence-electron chi connectivity index (χ1n) is 8.55. The fourth-order valence-electron chi connectivity index (χ4n) is 4.21. The molecule has 0 aromatic carbocycles. The molecule has 3 atom stereocenters. The maximum Gasteiger partial charge on any atom is 0.270 e. The number of carbonyl (C=O) groups excluding carboxylic acids is 1. The van der Waals surface area contributed by atoms with E-state index in [0.29, 0.717) is 11.7 Å². The first-order chi connectivity index (χ1) is 11.3. The molecule has 2 aliphatic carbocycles. The molecule has 2 heterocycles. The fourth-order valence-corrected chi connectivity index (χ4v) is 4.21. The van der Waals surface area contributed by atoms with E-state index in [4.69, 9.17) is 0 Å². The molecule has 2 saturated carbocycles. The number of imidazole rings is 1. The second-order valence-corrected chi connectivity index (χ2v) is 6.80. The molecule has 0 saturated heterocycles. The van der Waals surface area contributed by atoms with Crippen LogP contribution in [0.4, 0.5) is 0 Å². The number of nitrogens with zero attached hydrogens (tertiary/aromatic N) is 3. The summed E-state index contributed by atoms with van der Waals surface area (Å²) in [4.78, 5) is 20.8. The number of nitrogens with one attached hydrogen (secondary N) is 1. The minimum Gasteiger partial charge on any atom is -0.348 e. The van der Waals surface area contributed by atoms with E-state index in [1.807, 2.05) is 22.9 Å². The van der Waals surface area contributed by atoms with E-state index in [-0.39, 0.29) is 5.91 Å². The van der Waals surface area contributed by atoms with Crippen LogP contribution in [-0.2, 0) is 0 Å². The Morgan fingerprint density at radius 3 is 2.96 bits per heavy atom. The summed E-state index contributed by atoms with van der Waals surface area (Å²) >= 11 is 0. The van der Waals surface area contributed by atoms with Crippen molar-refractivity contribution in [2.75, 3.05) is 0 Å². The Kier molecular flexibility index (Phi) is 3.85. The lowest BCUT2D eigenvalue weighted by molar-refractivity contribution is 0.0905. The summed E-state index contributed by atoms with van der Waals surface area (Å²) < 4.78 is 1.88. The molecule has 5 heteroatoms. The third kappa shape index (κ3) is 3.00. The first-order valence-corrected chi connectivity index (χ1v) is 8.55. The smallest absolute Gasteiger partial charge is 0.270 e. The number of hydrogen-bond donors (Lipinski definition) is 1. The molecule has 120 valence electrons. The molecule has 1 N–H and O–H groups in total. The third-order valence-electron chi connectivity index (χ3n) is 5.40. The van der Waals surface area contributed by atoms with E-state index in [1.54, 1.807) is 18.7 Å². The number of fused-ring (bicyclic) bond motifs is 1. The quantitative estimate of drug-likeness (QED) is 0.948. The summed E-state index contributed by atoms with van der Waals surface area (Å²) in [6.07, 6.45) is 14.6. The van der Waals surface area contributed by atoms with Crippen LogP contribution >= 0.6 is 0 Å². The Bertz CT molecular complexity index is 682. The van der Waals surface area contributed by atoms with Gasteiger partial charge in [-0.2, -0.15) is 0 Å². The van der Waals surface area contributed by atoms with Gasteiger partial charge in [-0.05, 0) is 43.2 Å². The van der Waals surface area contributed by atoms with Gasteiger partial charge in [-0.1, -0.05) is 19.3 Å². The second kappa shape index (κ2) is 6.14. The number of aromatic nitrogens is 3. The molecule has 2 aromatic rings. The van der Waals surface area contributed by atoms with Crippen molar-refractivity contribution in [3.63, 3.8) is 0 Å². The SMILES string of the molecule is O=C(NC1CCC2CCCC2C1)c1cc(-n2ccnc2)ccn1. The minimum atomic E-state index is -0.0617. The number of carbonyl (C=O) groups is 1. The van der Waals surface area contributed by atoms with E-state index in [1.165, 1.54) is 25.7 Å². The Morgan fingerprint density at radius 1 is 1.17 bits per heavy atom. The molecule has 2 fully saturated rings. The summed E-state index contributed by atoms with van der Waals surface area (Å²) in [5, 5.41) is 3.19. The van der Waals surface area contributed by atoms with Crippen molar-refractivity contribution in [3.05, 3.63) is 42.7 Å². The van der Waals surface area contributed by atoms with Crippen LogP contribution in [0.15, 0.2) is 37.1 Å². The van der Waals surface area contributed by atoms with Crippen LogP contribution in [0.2, 0.25) is 0 Å². The maximum atomic E-state index is 12.5. The van der Waals surface area contributed by atoms with Crippen molar-refractivity contribution in [3.8, 4) is 5.69 Å². The minimum absolute atomic E-state index is 0.0617. The lowest BCUT2D eigenvalue weighted by Crippen LogP contribution is -2.40. The predicted molar refractivity (Wildman–Crippen MR) is 87.3 cm³/mol. The lowest BCUT2D eigenvalue weighted by Gasteiger charge is -2.32. The number of pyridine rings is 1. The largest absolute Gasteiger partial charge is 0.348 e. The van der Waals surface area contributed by atoms with Gasteiger partial charge in [-0.3, -0.25) is 9.78 Å². The van der Waals surface area contributed by atoms with Gasteiger partial charge in [-0.25, -0.2) is 4.98 Å². The molecule has 0 radical (unpaired) electrons. The number of hydrogen-bond acceptors (Lipinski definition) is 3. The summed E-state index contributed by atoms with van der Waals surface area (Å²) in [5.41, 5.74) is 1.38. The lowest BCUT2D eigenvalue weighted by atomic mass is 9.79. The van der Waals surface area contributed by atoms with Gasteiger partial charge in [0.1, 0.15) is 5.69 Å². The summed E-state index contributed by atoms with van der Waals surface area (Å²) in [7, 11) is 0. The van der Waals surface area contributed by atoms with Crippen LogP contribution < -0.4 is 5.32 Å². The Labute approximate surface area is 136 Å². The van der Waals surface area contributed by atoms with Gasteiger partial charge in [0.15, 0.2) is 0 Å². The molecule has 4 rings (SSSR count). The number of amides is 1. The highest BCUT2D eigenvalue weighted by Crippen LogP contribution is 2.42. The van der Waals surface area contributed by atoms with Crippen molar-refractivity contribution in [1.82, 2.24) is 19.9 Å². The zero-order chi connectivity index (χ0) is 15.6. The van der Waals surface area contributed by atoms with Gasteiger partial charge in [0.25, 0.3) is 5.91 Å². The van der Waals surface area contributed by atoms with Crippen LogP contribution in [0.1, 0.15) is 49.0 Å². The van der Waals surface area contributed by atoms with Gasteiger partial charge in [0.05, 0.1) is 12.0 Å². The monoisotopic (exact) mass is 310 g/mol. The summed E-state index contributed by atoms with van der Waals surface area (Å²) in [6, 6.07) is 4.00. The van der Waals surface area contributed by atoms with E-state index in [0.717, 1.165) is 30.4 Å². The first kappa shape index (κ1) is 14.4. The molecule has 2 aromatic heterocycles. The van der Waals surface area contributed by atoms with Gasteiger partial charge in [0, 0.05) is 24.6 Å². The Morgan fingerprint density at radius 2 is 2.09 bits per heavy atom. The van der Waals surface area contributed by atoms with E-state index in [2.05, 4.69) is 15.3 Å². The highest BCUT2D eigenvalue weighted by atomic mass is 16.1. The molecule has 23 heavy (non-hydrogen) atoms. The Hall–Kier alpha value is -2.17. The molecule has 5 nitrogen and oxygen atoms in total. The van der Waals surface area contributed by atoms with Crippen molar-refractivity contribution in [2.24, 2.45) is 11.8 Å². The molecule has 3 unspecified atom stereocenters. The fraction of sp³-hybridized carbons (Fsp3) is 0.500. The standard InChI is InChI=1S/C18H22N4O/c23-18(21-15-5-4-13-2-1-3-14(13)10-15)17-11-16(6-7-20-17)22-9-8-19-12-22/h6-9,11-15H,1-5,10H2,(H,21,23). The van der Waals surface area contributed by atoms with E-state index < -0.39 is 0 Å². The zero-order valence-electron chi connectivity index (χ0n) is 13.2. The maximum absolute atomic E-state index is 12.5. The van der Waals surface area contributed by atoms with Crippen LogP contribution in [0.5, 0.6) is 0 Å². The highest BCUT2D eigenvalue weighted by Gasteiger charge is 2.34. The molecule has 1 amide bonds. The van der Waals surface area contributed by atoms with Crippen molar-refractivity contribution in [2.45, 2.75) is 44.6 Å². The Balaban J connectivity index is 1.44. The van der Waals surface area contributed by atoms with E-state index in [9.17, 15) is 4.79 Å². The molecular formula is C18H22N4O. The highest BCUT2D eigenvalue weighted by molar-refractivity contribution is 5.92. The summed E-state index contributed by atoms with van der Waals surface area (Å²) in [5.74, 6) is 1.67. The predicted octanol–water partition coefficient (Wildman–Crippen LogP) is 2.97. The number of rotatable bonds is 3. The average Bonchev–Trinajstić information content (AvgIpc) is 3.26. The second-order valence-electron chi connectivity index (χ2n) is 6.80.